The first-order valence-electron chi connectivity index (χ1n) is 6.17. The first-order chi connectivity index (χ1) is 10.6. The van der Waals surface area contributed by atoms with Gasteiger partial charge in [-0.05, 0) is 12.1 Å². The van der Waals surface area contributed by atoms with Crippen molar-refractivity contribution < 1.29 is 28.9 Å². The molecule has 0 aliphatic carbocycles. The Morgan fingerprint density at radius 2 is 2.00 bits per heavy atom. The molecular weight excluding hydrogens is 337 g/mol. The zero-order valence-electron chi connectivity index (χ0n) is 11.5. The number of carboxylic acid groups (broad SMARTS) is 1. The average Bonchev–Trinajstić information content (AvgIpc) is 2.50. The van der Waals surface area contributed by atoms with Gasteiger partial charge in [-0.2, -0.15) is 0 Å². The van der Waals surface area contributed by atoms with E-state index in [1.54, 1.807) is 18.2 Å². The van der Waals surface area contributed by atoms with Gasteiger partial charge in [-0.3, -0.25) is 9.59 Å². The molecule has 1 amide bonds. The highest BCUT2D eigenvalue weighted by atomic mass is 35.5. The summed E-state index contributed by atoms with van der Waals surface area (Å²) in [5.74, 6) is 0.242. The van der Waals surface area contributed by atoms with Crippen LogP contribution in [0.2, 0.25) is 10.0 Å². The quantitative estimate of drug-likeness (QED) is 0.799. The van der Waals surface area contributed by atoms with E-state index in [0.717, 1.165) is 0 Å². The molecule has 1 aromatic carbocycles. The zero-order chi connectivity index (χ0) is 16.4. The number of carbonyl (C=O) groups excluding carboxylic acids is 1. The molecule has 2 rings (SSSR count). The lowest BCUT2D eigenvalue weighted by molar-refractivity contribution is -0.134. The van der Waals surface area contributed by atoms with E-state index in [2.05, 4.69) is 5.32 Å². The number of hydrogen-bond donors (Lipinski definition) is 2. The minimum absolute atomic E-state index is 0.103. The fraction of sp³-hybridized carbons (Fsp3) is 0.385. The zero-order valence-corrected chi connectivity index (χ0v) is 13.0. The van der Waals surface area contributed by atoms with E-state index in [-0.39, 0.29) is 31.8 Å². The van der Waals surface area contributed by atoms with Crippen LogP contribution in [0, 0.1) is 0 Å². The Kier molecular flexibility index (Phi) is 8.61. The molecule has 0 radical (unpaired) electrons. The van der Waals surface area contributed by atoms with Crippen LogP contribution in [0.4, 0.5) is 0 Å². The Labute approximate surface area is 137 Å². The van der Waals surface area contributed by atoms with Gasteiger partial charge in [0.25, 0.3) is 12.4 Å². The topological polar surface area (TPSA) is 94.1 Å². The lowest BCUT2D eigenvalue weighted by atomic mass is 10.3. The van der Waals surface area contributed by atoms with Crippen molar-refractivity contribution in [3.63, 3.8) is 0 Å². The molecule has 1 saturated heterocycles. The summed E-state index contributed by atoms with van der Waals surface area (Å²) < 4.78 is 15.4. The fourth-order valence-corrected chi connectivity index (χ4v) is 1.84. The number of amides is 1. The van der Waals surface area contributed by atoms with Crippen molar-refractivity contribution in [1.29, 1.82) is 0 Å². The molecule has 0 bridgehead atoms. The predicted octanol–water partition coefficient (Wildman–Crippen LogP) is 1.56. The Morgan fingerprint density at radius 3 is 2.59 bits per heavy atom. The molecule has 1 heterocycles. The van der Waals surface area contributed by atoms with Gasteiger partial charge in [-0.1, -0.05) is 23.2 Å². The van der Waals surface area contributed by atoms with Gasteiger partial charge >= 0.3 is 0 Å². The number of carbonyl (C=O) groups is 2. The molecular formula is C13H15Cl2NO6. The van der Waals surface area contributed by atoms with Crippen molar-refractivity contribution >= 4 is 35.6 Å². The number of hydrogen-bond acceptors (Lipinski definition) is 5. The molecule has 1 fully saturated rings. The molecule has 1 aromatic rings. The second-order valence-corrected chi connectivity index (χ2v) is 4.91. The second kappa shape index (κ2) is 10.2. The summed E-state index contributed by atoms with van der Waals surface area (Å²) in [5, 5.41) is 10.5. The van der Waals surface area contributed by atoms with Crippen molar-refractivity contribution in [2.45, 2.75) is 6.04 Å². The van der Waals surface area contributed by atoms with Crippen molar-refractivity contribution in [3.05, 3.63) is 28.2 Å². The highest BCUT2D eigenvalue weighted by Crippen LogP contribution is 2.26. The summed E-state index contributed by atoms with van der Waals surface area (Å²) >= 11 is 11.6. The first-order valence-corrected chi connectivity index (χ1v) is 6.93. The van der Waals surface area contributed by atoms with Crippen LogP contribution in [0.1, 0.15) is 0 Å². The average molecular weight is 352 g/mol. The standard InChI is InChI=1S/C12H13Cl2NO4.CH2O2/c13-10-2-1-9(3-11(10)14)19-6-12(16)15-8-4-17-7-18-5-8;2-1-3/h1-3,8H,4-7H2,(H,15,16);1H,(H,2,3). The molecule has 7 nitrogen and oxygen atoms in total. The van der Waals surface area contributed by atoms with Gasteiger partial charge in [0.15, 0.2) is 6.61 Å². The van der Waals surface area contributed by atoms with E-state index < -0.39 is 0 Å². The summed E-state index contributed by atoms with van der Waals surface area (Å²) in [6, 6.07) is 4.68. The van der Waals surface area contributed by atoms with Crippen LogP contribution in [-0.2, 0) is 19.1 Å². The number of rotatable bonds is 4. The van der Waals surface area contributed by atoms with E-state index in [4.69, 9.17) is 47.3 Å². The normalized spacial score (nSPS) is 14.5. The van der Waals surface area contributed by atoms with E-state index in [0.29, 0.717) is 29.0 Å². The maximum atomic E-state index is 11.6. The van der Waals surface area contributed by atoms with E-state index in [9.17, 15) is 4.79 Å². The molecule has 0 aromatic heterocycles. The van der Waals surface area contributed by atoms with Gasteiger partial charge in [0.2, 0.25) is 0 Å². The van der Waals surface area contributed by atoms with Gasteiger partial charge in [-0.15, -0.1) is 0 Å². The number of ether oxygens (including phenoxy) is 3. The van der Waals surface area contributed by atoms with E-state index in [1.807, 2.05) is 0 Å². The monoisotopic (exact) mass is 351 g/mol. The van der Waals surface area contributed by atoms with Gasteiger partial charge in [0, 0.05) is 6.07 Å². The lowest BCUT2D eigenvalue weighted by Crippen LogP contribution is -2.46. The van der Waals surface area contributed by atoms with Crippen LogP contribution in [0.15, 0.2) is 18.2 Å². The SMILES string of the molecule is O=C(COc1ccc(Cl)c(Cl)c1)NC1COCOC1.O=CO. The molecule has 0 atom stereocenters. The van der Waals surface area contributed by atoms with Crippen LogP contribution in [0.3, 0.4) is 0 Å². The molecule has 2 N–H and O–H groups in total. The lowest BCUT2D eigenvalue weighted by Gasteiger charge is -2.23. The van der Waals surface area contributed by atoms with Gasteiger partial charge in [-0.25, -0.2) is 0 Å². The number of halogens is 2. The summed E-state index contributed by atoms with van der Waals surface area (Å²) in [6.07, 6.45) is 0. The number of nitrogens with one attached hydrogen (secondary N) is 1. The van der Waals surface area contributed by atoms with Crippen LogP contribution >= 0.6 is 23.2 Å². The second-order valence-electron chi connectivity index (χ2n) is 4.09. The Morgan fingerprint density at radius 1 is 1.36 bits per heavy atom. The third-order valence-corrected chi connectivity index (χ3v) is 3.17. The van der Waals surface area contributed by atoms with Crippen molar-refractivity contribution in [1.82, 2.24) is 5.32 Å². The highest BCUT2D eigenvalue weighted by Gasteiger charge is 2.16. The van der Waals surface area contributed by atoms with Gasteiger partial charge in [0.05, 0.1) is 29.3 Å². The molecule has 0 unspecified atom stereocenters. The fourth-order valence-electron chi connectivity index (χ4n) is 1.56. The maximum absolute atomic E-state index is 11.6. The molecule has 122 valence electrons. The molecule has 0 spiro atoms. The Bertz CT molecular complexity index is 493. The van der Waals surface area contributed by atoms with Crippen molar-refractivity contribution in [3.8, 4) is 5.75 Å². The van der Waals surface area contributed by atoms with Crippen LogP contribution < -0.4 is 10.1 Å². The summed E-state index contributed by atoms with van der Waals surface area (Å²) in [6.45, 7) is 0.803. The Balaban J connectivity index is 0.000000745. The van der Waals surface area contributed by atoms with Crippen LogP contribution in [0.5, 0.6) is 5.75 Å². The van der Waals surface area contributed by atoms with Crippen LogP contribution in [0.25, 0.3) is 0 Å². The third kappa shape index (κ3) is 6.95. The third-order valence-electron chi connectivity index (χ3n) is 2.43. The van der Waals surface area contributed by atoms with Gasteiger partial charge < -0.3 is 24.6 Å². The maximum Gasteiger partial charge on any atom is 0.290 e. The number of benzene rings is 1. The molecule has 1 aliphatic heterocycles. The molecule has 22 heavy (non-hydrogen) atoms. The van der Waals surface area contributed by atoms with Crippen LogP contribution in [-0.4, -0.2) is 50.1 Å². The highest BCUT2D eigenvalue weighted by molar-refractivity contribution is 6.42. The predicted molar refractivity (Wildman–Crippen MR) is 79.4 cm³/mol. The van der Waals surface area contributed by atoms with E-state index >= 15 is 0 Å². The minimum Gasteiger partial charge on any atom is -0.484 e. The molecule has 1 aliphatic rings. The Hall–Kier alpha value is -1.54. The first kappa shape index (κ1) is 18.5. The largest absolute Gasteiger partial charge is 0.484 e. The van der Waals surface area contributed by atoms with E-state index in [1.165, 1.54) is 0 Å². The van der Waals surface area contributed by atoms with Crippen molar-refractivity contribution in [2.24, 2.45) is 0 Å². The molecule has 0 saturated carbocycles. The summed E-state index contributed by atoms with van der Waals surface area (Å²) in [4.78, 5) is 20.0. The van der Waals surface area contributed by atoms with Gasteiger partial charge in [0.1, 0.15) is 12.5 Å². The summed E-state index contributed by atoms with van der Waals surface area (Å²) in [5.41, 5.74) is 0. The summed E-state index contributed by atoms with van der Waals surface area (Å²) in [7, 11) is 0. The minimum atomic E-state index is -0.250. The van der Waals surface area contributed by atoms with Crippen molar-refractivity contribution in [2.75, 3.05) is 26.6 Å². The smallest absolute Gasteiger partial charge is 0.290 e. The molecule has 9 heteroatoms.